The maximum atomic E-state index is 11.9. The van der Waals surface area contributed by atoms with Gasteiger partial charge in [0.2, 0.25) is 12.7 Å². The van der Waals surface area contributed by atoms with Gasteiger partial charge in [0.05, 0.1) is 17.5 Å². The highest BCUT2D eigenvalue weighted by Gasteiger charge is 2.16. The summed E-state index contributed by atoms with van der Waals surface area (Å²) in [5.74, 6) is 1.75. The number of anilines is 1. The van der Waals surface area contributed by atoms with Crippen molar-refractivity contribution < 1.29 is 14.3 Å². The van der Waals surface area contributed by atoms with Crippen molar-refractivity contribution in [1.29, 1.82) is 5.26 Å². The van der Waals surface area contributed by atoms with E-state index >= 15 is 0 Å². The van der Waals surface area contributed by atoms with E-state index in [1.54, 1.807) is 23.5 Å². The van der Waals surface area contributed by atoms with Gasteiger partial charge in [-0.3, -0.25) is 4.79 Å². The fourth-order valence-corrected chi connectivity index (χ4v) is 3.50. The van der Waals surface area contributed by atoms with Crippen LogP contribution >= 0.6 is 11.3 Å². The number of aromatic nitrogens is 1. The van der Waals surface area contributed by atoms with Crippen LogP contribution in [0, 0.1) is 11.3 Å². The number of nitriles is 1. The van der Waals surface area contributed by atoms with Gasteiger partial charge in [-0.05, 0) is 23.6 Å². The molecule has 4 rings (SSSR count). The molecule has 0 fully saturated rings. The highest BCUT2D eigenvalue weighted by molar-refractivity contribution is 7.10. The van der Waals surface area contributed by atoms with Gasteiger partial charge in [0.15, 0.2) is 11.5 Å². The molecule has 1 aliphatic rings. The summed E-state index contributed by atoms with van der Waals surface area (Å²) in [6, 6.07) is 11.4. The zero-order valence-electron chi connectivity index (χ0n) is 14.3. The molecule has 0 spiro atoms. The summed E-state index contributed by atoms with van der Waals surface area (Å²) >= 11 is 1.56. The molecular formula is C19H16N4O3S. The predicted octanol–water partition coefficient (Wildman–Crippen LogP) is 2.67. The molecule has 0 radical (unpaired) electrons. The van der Waals surface area contributed by atoms with Crippen molar-refractivity contribution >= 4 is 34.0 Å². The third-order valence-electron chi connectivity index (χ3n) is 4.08. The van der Waals surface area contributed by atoms with Crippen LogP contribution in [0.1, 0.15) is 10.4 Å². The van der Waals surface area contributed by atoms with Gasteiger partial charge >= 0.3 is 0 Å². The number of hydrogen-bond acceptors (Lipinski definition) is 7. The number of amides is 1. The molecule has 27 heavy (non-hydrogen) atoms. The van der Waals surface area contributed by atoms with Crippen molar-refractivity contribution in [3.8, 4) is 17.6 Å². The molecule has 136 valence electrons. The summed E-state index contributed by atoms with van der Waals surface area (Å²) in [6.07, 6.45) is 0.377. The molecule has 0 saturated heterocycles. The van der Waals surface area contributed by atoms with E-state index < -0.39 is 0 Å². The zero-order chi connectivity index (χ0) is 18.6. The Morgan fingerprint density at radius 1 is 1.26 bits per heavy atom. The minimum absolute atomic E-state index is 0.0288. The molecule has 0 saturated carbocycles. The van der Waals surface area contributed by atoms with Crippen LogP contribution in [0.5, 0.6) is 11.5 Å². The fourth-order valence-electron chi connectivity index (χ4n) is 2.80. The number of nitrogens with zero attached hydrogens (tertiary/aromatic N) is 2. The van der Waals surface area contributed by atoms with Crippen LogP contribution in [0.4, 0.5) is 5.82 Å². The largest absolute Gasteiger partial charge is 0.454 e. The van der Waals surface area contributed by atoms with Crippen molar-refractivity contribution in [2.24, 2.45) is 0 Å². The van der Waals surface area contributed by atoms with E-state index in [9.17, 15) is 10.1 Å². The van der Waals surface area contributed by atoms with Gasteiger partial charge < -0.3 is 20.1 Å². The molecule has 1 amide bonds. The first kappa shape index (κ1) is 17.1. The normalized spacial score (nSPS) is 12.0. The van der Waals surface area contributed by atoms with Gasteiger partial charge in [-0.25, -0.2) is 4.98 Å². The second-order valence-electron chi connectivity index (χ2n) is 5.93. The number of carbonyl (C=O) groups is 1. The Bertz CT molecular complexity index is 1030. The number of fused-ring (bicyclic) bond motifs is 2. The predicted molar refractivity (Wildman–Crippen MR) is 102 cm³/mol. The van der Waals surface area contributed by atoms with Crippen molar-refractivity contribution in [1.82, 2.24) is 10.3 Å². The van der Waals surface area contributed by atoms with Gasteiger partial charge in [-0.1, -0.05) is 6.07 Å². The van der Waals surface area contributed by atoms with Gasteiger partial charge in [-0.15, -0.1) is 11.3 Å². The fraction of sp³-hybridized carbons (Fsp3) is 0.211. The van der Waals surface area contributed by atoms with Gasteiger partial charge in [0.25, 0.3) is 0 Å². The average Bonchev–Trinajstić information content (AvgIpc) is 3.34. The SMILES string of the molecule is N#Cc1cc2cc3c(cc2nc1NCCNC(=O)Cc1cccs1)OCO3. The molecule has 3 heterocycles. The van der Waals surface area contributed by atoms with E-state index in [4.69, 9.17) is 9.47 Å². The number of benzene rings is 1. The first-order valence-electron chi connectivity index (χ1n) is 8.40. The van der Waals surface area contributed by atoms with Crippen molar-refractivity contribution in [2.75, 3.05) is 25.2 Å². The van der Waals surface area contributed by atoms with E-state index in [1.807, 2.05) is 23.6 Å². The number of hydrogen-bond donors (Lipinski definition) is 2. The molecule has 0 unspecified atom stereocenters. The molecule has 1 aliphatic heterocycles. The van der Waals surface area contributed by atoms with Crippen LogP contribution in [-0.2, 0) is 11.2 Å². The number of ether oxygens (including phenoxy) is 2. The summed E-state index contributed by atoms with van der Waals surface area (Å²) in [4.78, 5) is 17.5. The highest BCUT2D eigenvalue weighted by atomic mass is 32.1. The van der Waals surface area contributed by atoms with Crippen LogP contribution < -0.4 is 20.1 Å². The van der Waals surface area contributed by atoms with Crippen molar-refractivity contribution in [3.63, 3.8) is 0 Å². The minimum Gasteiger partial charge on any atom is -0.454 e. The number of rotatable bonds is 6. The molecule has 2 N–H and O–H groups in total. The lowest BCUT2D eigenvalue weighted by atomic mass is 10.1. The summed E-state index contributed by atoms with van der Waals surface area (Å²) in [5, 5.41) is 18.1. The highest BCUT2D eigenvalue weighted by Crippen LogP contribution is 2.36. The summed E-state index contributed by atoms with van der Waals surface area (Å²) < 4.78 is 10.7. The standard InChI is InChI=1S/C19H16N4O3S/c20-10-13-6-12-7-16-17(26-11-25-16)9-15(12)23-19(13)22-4-3-21-18(24)8-14-2-1-5-27-14/h1-2,5-7,9H,3-4,8,11H2,(H,21,24)(H,22,23). The monoisotopic (exact) mass is 380 g/mol. The molecule has 7 nitrogen and oxygen atoms in total. The maximum Gasteiger partial charge on any atom is 0.231 e. The number of thiophene rings is 1. The van der Waals surface area contributed by atoms with Crippen LogP contribution in [0.15, 0.2) is 35.7 Å². The van der Waals surface area contributed by atoms with Crippen LogP contribution in [-0.4, -0.2) is 30.8 Å². The van der Waals surface area contributed by atoms with Crippen LogP contribution in [0.3, 0.4) is 0 Å². The topological polar surface area (TPSA) is 96.3 Å². The first-order valence-corrected chi connectivity index (χ1v) is 9.28. The average molecular weight is 380 g/mol. The minimum atomic E-state index is -0.0288. The molecule has 0 aliphatic carbocycles. The van der Waals surface area contributed by atoms with Crippen molar-refractivity contribution in [3.05, 3.63) is 46.2 Å². The molecule has 1 aromatic carbocycles. The van der Waals surface area contributed by atoms with E-state index in [2.05, 4.69) is 21.7 Å². The first-order chi connectivity index (χ1) is 13.2. The quantitative estimate of drug-likeness (QED) is 0.638. The summed E-state index contributed by atoms with van der Waals surface area (Å²) in [7, 11) is 0. The second kappa shape index (κ2) is 7.51. The number of carbonyl (C=O) groups excluding carboxylic acids is 1. The summed E-state index contributed by atoms with van der Waals surface area (Å²) in [6.45, 7) is 1.09. The zero-order valence-corrected chi connectivity index (χ0v) is 15.1. The van der Waals surface area contributed by atoms with Gasteiger partial charge in [-0.2, -0.15) is 5.26 Å². The number of pyridine rings is 1. The van der Waals surface area contributed by atoms with Crippen LogP contribution in [0.25, 0.3) is 10.9 Å². The molecule has 2 aromatic heterocycles. The lowest BCUT2D eigenvalue weighted by molar-refractivity contribution is -0.120. The Morgan fingerprint density at radius 2 is 2.11 bits per heavy atom. The lowest BCUT2D eigenvalue weighted by Gasteiger charge is -2.10. The molecule has 8 heteroatoms. The summed E-state index contributed by atoms with van der Waals surface area (Å²) in [5.41, 5.74) is 1.15. The van der Waals surface area contributed by atoms with E-state index in [-0.39, 0.29) is 12.7 Å². The van der Waals surface area contributed by atoms with Gasteiger partial charge in [0, 0.05) is 29.4 Å². The maximum absolute atomic E-state index is 11.9. The Kier molecular flexibility index (Phi) is 4.77. The molecular weight excluding hydrogens is 364 g/mol. The van der Waals surface area contributed by atoms with Gasteiger partial charge in [0.1, 0.15) is 11.9 Å². The Morgan fingerprint density at radius 3 is 2.89 bits per heavy atom. The third kappa shape index (κ3) is 3.78. The smallest absolute Gasteiger partial charge is 0.231 e. The molecule has 3 aromatic rings. The number of nitrogens with one attached hydrogen (secondary N) is 2. The Hall–Kier alpha value is -3.31. The lowest BCUT2D eigenvalue weighted by Crippen LogP contribution is -2.30. The van der Waals surface area contributed by atoms with E-state index in [0.717, 1.165) is 10.3 Å². The van der Waals surface area contributed by atoms with Crippen molar-refractivity contribution in [2.45, 2.75) is 6.42 Å². The Balaban J connectivity index is 1.40. The van der Waals surface area contributed by atoms with E-state index in [0.29, 0.717) is 47.9 Å². The Labute approximate surface area is 159 Å². The third-order valence-corrected chi connectivity index (χ3v) is 4.96. The molecule has 0 atom stereocenters. The second-order valence-corrected chi connectivity index (χ2v) is 6.96. The van der Waals surface area contributed by atoms with E-state index in [1.165, 1.54) is 0 Å². The van der Waals surface area contributed by atoms with Crippen LogP contribution in [0.2, 0.25) is 0 Å². The molecule has 0 bridgehead atoms.